The molecule has 1 unspecified atom stereocenters. The van der Waals surface area contributed by atoms with Crippen LogP contribution in [0.1, 0.15) is 33.5 Å². The van der Waals surface area contributed by atoms with Gasteiger partial charge in [-0.25, -0.2) is 0 Å². The lowest BCUT2D eigenvalue weighted by Gasteiger charge is -2.09. The van der Waals surface area contributed by atoms with Crippen molar-refractivity contribution in [3.8, 4) is 0 Å². The highest BCUT2D eigenvalue weighted by atomic mass is 31.0. The summed E-state index contributed by atoms with van der Waals surface area (Å²) in [5.41, 5.74) is 4.34. The molecule has 0 radical (unpaired) electrons. The Labute approximate surface area is 88.1 Å². The second-order valence-corrected chi connectivity index (χ2v) is 4.31. The molecule has 2 heteroatoms. The Kier molecular flexibility index (Phi) is 3.83. The van der Waals surface area contributed by atoms with Crippen LogP contribution >= 0.6 is 9.24 Å². The van der Waals surface area contributed by atoms with Gasteiger partial charge in [-0.15, -0.1) is 9.24 Å². The van der Waals surface area contributed by atoms with Crippen molar-refractivity contribution in [2.24, 2.45) is 0 Å². The summed E-state index contributed by atoms with van der Waals surface area (Å²) in [6, 6.07) is 4.14. The van der Waals surface area contributed by atoms with Gasteiger partial charge < -0.3 is 0 Å². The van der Waals surface area contributed by atoms with Gasteiger partial charge in [0.05, 0.1) is 0 Å². The molecule has 0 heterocycles. The fraction of sp³-hybridized carbons (Fsp3) is 0.417. The Morgan fingerprint density at radius 1 is 1.21 bits per heavy atom. The van der Waals surface area contributed by atoms with E-state index in [0.717, 1.165) is 22.9 Å². The van der Waals surface area contributed by atoms with Gasteiger partial charge in [0.2, 0.25) is 0 Å². The summed E-state index contributed by atoms with van der Waals surface area (Å²) < 4.78 is 0. The molecule has 0 saturated heterocycles. The van der Waals surface area contributed by atoms with E-state index in [2.05, 4.69) is 28.3 Å². The van der Waals surface area contributed by atoms with E-state index in [1.807, 2.05) is 13.8 Å². The molecule has 1 atom stereocenters. The van der Waals surface area contributed by atoms with Gasteiger partial charge in [-0.3, -0.25) is 4.79 Å². The van der Waals surface area contributed by atoms with Crippen molar-refractivity contribution in [3.63, 3.8) is 0 Å². The maximum absolute atomic E-state index is 11.8. The molecule has 0 aliphatic heterocycles. The van der Waals surface area contributed by atoms with Crippen LogP contribution in [0.3, 0.4) is 0 Å². The lowest BCUT2D eigenvalue weighted by molar-refractivity contribution is 0.0988. The van der Waals surface area contributed by atoms with Gasteiger partial charge in [0.25, 0.3) is 0 Å². The number of Topliss-reactive ketones (excluding diaryl/α,β-unsaturated/α-hetero) is 1. The summed E-state index contributed by atoms with van der Waals surface area (Å²) in [6.45, 7) is 6.08. The van der Waals surface area contributed by atoms with Gasteiger partial charge in [-0.2, -0.15) is 0 Å². The molecule has 0 aromatic heterocycles. The van der Waals surface area contributed by atoms with E-state index >= 15 is 0 Å². The number of aryl methyl sites for hydroxylation is 3. The number of carbonyl (C=O) groups is 1. The zero-order chi connectivity index (χ0) is 10.7. The molecule has 0 saturated carbocycles. The molecular weight excluding hydrogens is 191 g/mol. The summed E-state index contributed by atoms with van der Waals surface area (Å²) in [5, 5.41) is 0. The van der Waals surface area contributed by atoms with Crippen molar-refractivity contribution >= 4 is 15.0 Å². The summed E-state index contributed by atoms with van der Waals surface area (Å²) in [6.07, 6.45) is 1.46. The Bertz CT molecular complexity index is 332. The van der Waals surface area contributed by atoms with E-state index in [4.69, 9.17) is 0 Å². The normalized spacial score (nSPS) is 10.3. The highest BCUT2D eigenvalue weighted by Crippen LogP contribution is 2.18. The van der Waals surface area contributed by atoms with Gasteiger partial charge >= 0.3 is 0 Å². The number of hydrogen-bond acceptors (Lipinski definition) is 1. The minimum atomic E-state index is 0.259. The van der Waals surface area contributed by atoms with Gasteiger partial charge in [0.1, 0.15) is 0 Å². The van der Waals surface area contributed by atoms with Crippen LogP contribution < -0.4 is 0 Å². The molecule has 0 N–H and O–H groups in total. The lowest BCUT2D eigenvalue weighted by atomic mass is 9.96. The molecule has 0 aliphatic rings. The fourth-order valence-corrected chi connectivity index (χ4v) is 2.14. The highest BCUT2D eigenvalue weighted by Gasteiger charge is 2.11. The summed E-state index contributed by atoms with van der Waals surface area (Å²) in [4.78, 5) is 11.8. The third-order valence-electron chi connectivity index (χ3n) is 2.33. The van der Waals surface area contributed by atoms with Crippen molar-refractivity contribution in [3.05, 3.63) is 34.4 Å². The Morgan fingerprint density at radius 3 is 2.14 bits per heavy atom. The van der Waals surface area contributed by atoms with E-state index in [9.17, 15) is 4.79 Å². The molecule has 0 amide bonds. The smallest absolute Gasteiger partial charge is 0.163 e. The van der Waals surface area contributed by atoms with Crippen LogP contribution in [-0.2, 0) is 0 Å². The molecular formula is C12H17OP. The number of ketones is 1. The zero-order valence-electron chi connectivity index (χ0n) is 9.05. The van der Waals surface area contributed by atoms with E-state index in [1.165, 1.54) is 5.56 Å². The quantitative estimate of drug-likeness (QED) is 0.551. The first-order chi connectivity index (χ1) is 6.56. The minimum absolute atomic E-state index is 0.259. The van der Waals surface area contributed by atoms with Crippen molar-refractivity contribution in [2.45, 2.75) is 27.2 Å². The highest BCUT2D eigenvalue weighted by molar-refractivity contribution is 7.16. The predicted octanol–water partition coefficient (Wildman–Crippen LogP) is 3.06. The van der Waals surface area contributed by atoms with E-state index in [-0.39, 0.29) is 5.78 Å². The van der Waals surface area contributed by atoms with Gasteiger partial charge in [0.15, 0.2) is 5.78 Å². The molecule has 1 aromatic carbocycles. The Balaban J connectivity index is 3.14. The van der Waals surface area contributed by atoms with E-state index in [1.54, 1.807) is 0 Å². The SMILES string of the molecule is Cc1cc(C)c(C(=O)CCP)c(C)c1. The van der Waals surface area contributed by atoms with Crippen molar-refractivity contribution in [1.29, 1.82) is 0 Å². The first-order valence-corrected chi connectivity index (χ1v) is 5.69. The third kappa shape index (κ3) is 2.42. The summed E-state index contributed by atoms with van der Waals surface area (Å²) in [7, 11) is 2.59. The summed E-state index contributed by atoms with van der Waals surface area (Å²) in [5.74, 6) is 0.259. The van der Waals surface area contributed by atoms with Crippen LogP contribution in [-0.4, -0.2) is 11.9 Å². The van der Waals surface area contributed by atoms with E-state index in [0.29, 0.717) is 6.42 Å². The van der Waals surface area contributed by atoms with Crippen molar-refractivity contribution in [2.75, 3.05) is 6.16 Å². The molecule has 1 rings (SSSR count). The van der Waals surface area contributed by atoms with Crippen LogP contribution in [0.15, 0.2) is 12.1 Å². The Hall–Kier alpha value is -0.680. The monoisotopic (exact) mass is 208 g/mol. The maximum Gasteiger partial charge on any atom is 0.163 e. The first kappa shape index (κ1) is 11.4. The average molecular weight is 208 g/mol. The Morgan fingerprint density at radius 2 is 1.71 bits per heavy atom. The van der Waals surface area contributed by atoms with Crippen molar-refractivity contribution in [1.82, 2.24) is 0 Å². The first-order valence-electron chi connectivity index (χ1n) is 4.87. The maximum atomic E-state index is 11.8. The molecule has 0 aliphatic carbocycles. The van der Waals surface area contributed by atoms with Crippen LogP contribution in [0.25, 0.3) is 0 Å². The zero-order valence-corrected chi connectivity index (χ0v) is 10.2. The van der Waals surface area contributed by atoms with Gasteiger partial charge in [0, 0.05) is 12.0 Å². The van der Waals surface area contributed by atoms with Crippen LogP contribution in [0.2, 0.25) is 0 Å². The standard InChI is InChI=1S/C12H17OP/c1-8-6-9(2)12(10(3)7-8)11(13)4-5-14/h6-7H,4-5,14H2,1-3H3. The number of rotatable bonds is 3. The number of hydrogen-bond donors (Lipinski definition) is 0. The molecule has 0 spiro atoms. The van der Waals surface area contributed by atoms with Crippen LogP contribution in [0.4, 0.5) is 0 Å². The van der Waals surface area contributed by atoms with Crippen LogP contribution in [0, 0.1) is 20.8 Å². The lowest BCUT2D eigenvalue weighted by Crippen LogP contribution is -2.05. The molecule has 1 aromatic rings. The number of carbonyl (C=O) groups excluding carboxylic acids is 1. The molecule has 0 fully saturated rings. The van der Waals surface area contributed by atoms with Crippen LogP contribution in [0.5, 0.6) is 0 Å². The third-order valence-corrected chi connectivity index (χ3v) is 2.62. The molecule has 14 heavy (non-hydrogen) atoms. The predicted molar refractivity (Wildman–Crippen MR) is 64.2 cm³/mol. The minimum Gasteiger partial charge on any atom is -0.294 e. The second kappa shape index (κ2) is 4.70. The second-order valence-electron chi connectivity index (χ2n) is 3.74. The molecule has 76 valence electrons. The van der Waals surface area contributed by atoms with E-state index < -0.39 is 0 Å². The number of benzene rings is 1. The molecule has 1 nitrogen and oxygen atoms in total. The van der Waals surface area contributed by atoms with Gasteiger partial charge in [-0.05, 0) is 38.1 Å². The summed E-state index contributed by atoms with van der Waals surface area (Å²) >= 11 is 0. The van der Waals surface area contributed by atoms with Crippen molar-refractivity contribution < 1.29 is 4.79 Å². The topological polar surface area (TPSA) is 17.1 Å². The molecule has 0 bridgehead atoms. The average Bonchev–Trinajstić information content (AvgIpc) is 2.01. The fourth-order valence-electron chi connectivity index (χ4n) is 1.88. The largest absolute Gasteiger partial charge is 0.294 e. The van der Waals surface area contributed by atoms with Gasteiger partial charge in [-0.1, -0.05) is 17.7 Å².